The van der Waals surface area contributed by atoms with Crippen molar-refractivity contribution in [3.8, 4) is 0 Å². The van der Waals surface area contributed by atoms with Crippen molar-refractivity contribution in [2.24, 2.45) is 0 Å². The van der Waals surface area contributed by atoms with E-state index in [1.165, 1.54) is 5.56 Å². The SMILES string of the molecule is O=C([O-])CC(O)CCCCc1ccccc1.[Na+]. The number of carbonyl (C=O) groups is 1. The Hall–Kier alpha value is -0.350. The topological polar surface area (TPSA) is 60.4 Å². The second-order valence-electron chi connectivity index (χ2n) is 3.96. The number of carboxylic acid groups (broad SMARTS) is 1. The van der Waals surface area contributed by atoms with Crippen LogP contribution in [0.1, 0.15) is 31.2 Å². The maximum atomic E-state index is 10.2. The second kappa shape index (κ2) is 9.66. The van der Waals surface area contributed by atoms with Crippen LogP contribution in [0.4, 0.5) is 0 Å². The van der Waals surface area contributed by atoms with Crippen molar-refractivity contribution in [2.75, 3.05) is 0 Å². The van der Waals surface area contributed by atoms with Gasteiger partial charge in [0.1, 0.15) is 0 Å². The van der Waals surface area contributed by atoms with Crippen LogP contribution in [0.15, 0.2) is 30.3 Å². The normalized spacial score (nSPS) is 11.6. The Morgan fingerprint density at radius 3 is 2.47 bits per heavy atom. The first-order valence-corrected chi connectivity index (χ1v) is 5.60. The number of aliphatic carboxylic acids is 1. The number of rotatable bonds is 7. The van der Waals surface area contributed by atoms with Gasteiger partial charge in [-0.3, -0.25) is 0 Å². The summed E-state index contributed by atoms with van der Waals surface area (Å²) >= 11 is 0. The van der Waals surface area contributed by atoms with Crippen molar-refractivity contribution in [3.05, 3.63) is 35.9 Å². The van der Waals surface area contributed by atoms with E-state index in [4.69, 9.17) is 0 Å². The predicted octanol–water partition coefficient (Wildman–Crippen LogP) is -2.10. The van der Waals surface area contributed by atoms with E-state index < -0.39 is 12.1 Å². The minimum atomic E-state index is -1.18. The molecule has 88 valence electrons. The number of aryl methyl sites for hydroxylation is 1. The third-order valence-corrected chi connectivity index (χ3v) is 2.50. The molecule has 0 aliphatic rings. The molecule has 0 amide bonds. The Labute approximate surface area is 124 Å². The average molecular weight is 244 g/mol. The fourth-order valence-corrected chi connectivity index (χ4v) is 1.65. The van der Waals surface area contributed by atoms with Gasteiger partial charge in [-0.2, -0.15) is 0 Å². The van der Waals surface area contributed by atoms with E-state index in [-0.39, 0.29) is 36.0 Å². The van der Waals surface area contributed by atoms with E-state index in [2.05, 4.69) is 12.1 Å². The van der Waals surface area contributed by atoms with Gasteiger partial charge in [0.15, 0.2) is 0 Å². The minimum absolute atomic E-state index is 0. The molecular formula is C13H17NaO3. The van der Waals surface area contributed by atoms with Crippen molar-refractivity contribution in [1.29, 1.82) is 0 Å². The molecule has 0 aromatic heterocycles. The Bertz CT molecular complexity index is 314. The van der Waals surface area contributed by atoms with Crippen LogP contribution in [0.3, 0.4) is 0 Å². The summed E-state index contributed by atoms with van der Waals surface area (Å²) in [5.74, 6) is -1.18. The minimum Gasteiger partial charge on any atom is -0.550 e. The Morgan fingerprint density at radius 2 is 1.88 bits per heavy atom. The van der Waals surface area contributed by atoms with Crippen LogP contribution in [-0.4, -0.2) is 17.2 Å². The Morgan fingerprint density at radius 1 is 1.24 bits per heavy atom. The van der Waals surface area contributed by atoms with Gasteiger partial charge in [0, 0.05) is 12.4 Å². The van der Waals surface area contributed by atoms with Gasteiger partial charge < -0.3 is 15.0 Å². The quantitative estimate of drug-likeness (QED) is 0.442. The zero-order chi connectivity index (χ0) is 11.8. The molecule has 4 heteroatoms. The number of aliphatic hydroxyl groups excluding tert-OH is 1. The van der Waals surface area contributed by atoms with Crippen molar-refractivity contribution in [1.82, 2.24) is 0 Å². The molecule has 1 rings (SSSR count). The molecule has 1 atom stereocenters. The van der Waals surface area contributed by atoms with Crippen LogP contribution in [-0.2, 0) is 11.2 Å². The summed E-state index contributed by atoms with van der Waals surface area (Å²) in [5, 5.41) is 19.5. The Kier molecular flexibility index (Phi) is 9.46. The van der Waals surface area contributed by atoms with Crippen molar-refractivity contribution in [2.45, 2.75) is 38.2 Å². The molecule has 17 heavy (non-hydrogen) atoms. The van der Waals surface area contributed by atoms with Crippen LogP contribution in [0.25, 0.3) is 0 Å². The molecule has 0 saturated heterocycles. The fourth-order valence-electron chi connectivity index (χ4n) is 1.65. The van der Waals surface area contributed by atoms with Gasteiger partial charge in [-0.15, -0.1) is 0 Å². The third kappa shape index (κ3) is 8.38. The standard InChI is InChI=1S/C13H18O3.Na/c14-12(10-13(15)16)9-5-4-8-11-6-2-1-3-7-11;/h1-3,6-7,12,14H,4-5,8-10H2,(H,15,16);/q;+1/p-1. The number of hydrogen-bond donors (Lipinski definition) is 1. The molecule has 1 aromatic carbocycles. The maximum absolute atomic E-state index is 10.2. The zero-order valence-electron chi connectivity index (χ0n) is 10.3. The number of unbranched alkanes of at least 4 members (excludes halogenated alkanes) is 1. The summed E-state index contributed by atoms with van der Waals surface area (Å²) in [6.45, 7) is 0. The van der Waals surface area contributed by atoms with Crippen molar-refractivity contribution < 1.29 is 44.6 Å². The smallest absolute Gasteiger partial charge is 0.550 e. The third-order valence-electron chi connectivity index (χ3n) is 2.50. The number of carboxylic acids is 1. The number of aliphatic hydroxyl groups is 1. The molecule has 0 aliphatic heterocycles. The van der Waals surface area contributed by atoms with Crippen molar-refractivity contribution >= 4 is 5.97 Å². The monoisotopic (exact) mass is 244 g/mol. The summed E-state index contributed by atoms with van der Waals surface area (Å²) in [6, 6.07) is 10.1. The van der Waals surface area contributed by atoms with Gasteiger partial charge in [0.2, 0.25) is 0 Å². The summed E-state index contributed by atoms with van der Waals surface area (Å²) in [5.41, 5.74) is 1.27. The van der Waals surface area contributed by atoms with Gasteiger partial charge in [-0.05, 0) is 24.8 Å². The van der Waals surface area contributed by atoms with E-state index in [1.54, 1.807) is 0 Å². The molecule has 0 bridgehead atoms. The molecule has 3 nitrogen and oxygen atoms in total. The first kappa shape index (κ1) is 16.6. The molecule has 0 fully saturated rings. The summed E-state index contributed by atoms with van der Waals surface area (Å²) in [4.78, 5) is 10.2. The van der Waals surface area contributed by atoms with Crippen LogP contribution in [0.5, 0.6) is 0 Å². The van der Waals surface area contributed by atoms with Crippen LogP contribution < -0.4 is 34.7 Å². The van der Waals surface area contributed by atoms with E-state index in [1.807, 2.05) is 18.2 Å². The maximum Gasteiger partial charge on any atom is 1.00 e. The summed E-state index contributed by atoms with van der Waals surface area (Å²) in [7, 11) is 0. The molecule has 0 aliphatic carbocycles. The van der Waals surface area contributed by atoms with E-state index in [9.17, 15) is 15.0 Å². The Balaban J connectivity index is 0.00000256. The molecule has 1 aromatic rings. The number of hydrogen-bond acceptors (Lipinski definition) is 3. The van der Waals surface area contributed by atoms with Crippen LogP contribution in [0.2, 0.25) is 0 Å². The molecular weight excluding hydrogens is 227 g/mol. The number of benzene rings is 1. The van der Waals surface area contributed by atoms with Crippen molar-refractivity contribution in [3.63, 3.8) is 0 Å². The average Bonchev–Trinajstić information content (AvgIpc) is 2.25. The van der Waals surface area contributed by atoms with E-state index >= 15 is 0 Å². The molecule has 0 heterocycles. The first-order chi connectivity index (χ1) is 7.68. The summed E-state index contributed by atoms with van der Waals surface area (Å²) < 4.78 is 0. The largest absolute Gasteiger partial charge is 1.00 e. The van der Waals surface area contributed by atoms with Gasteiger partial charge in [-0.1, -0.05) is 36.8 Å². The van der Waals surface area contributed by atoms with E-state index in [0.717, 1.165) is 19.3 Å². The summed E-state index contributed by atoms with van der Waals surface area (Å²) in [6.07, 6.45) is 2.28. The first-order valence-electron chi connectivity index (χ1n) is 5.60. The van der Waals surface area contributed by atoms with Gasteiger partial charge in [0.05, 0.1) is 6.10 Å². The molecule has 0 saturated carbocycles. The van der Waals surface area contributed by atoms with Crippen LogP contribution in [0, 0.1) is 0 Å². The van der Waals surface area contributed by atoms with Gasteiger partial charge >= 0.3 is 29.6 Å². The van der Waals surface area contributed by atoms with Gasteiger partial charge in [0.25, 0.3) is 0 Å². The second-order valence-corrected chi connectivity index (χ2v) is 3.96. The molecule has 1 N–H and O–H groups in total. The molecule has 0 radical (unpaired) electrons. The van der Waals surface area contributed by atoms with Gasteiger partial charge in [-0.25, -0.2) is 0 Å². The fraction of sp³-hybridized carbons (Fsp3) is 0.462. The van der Waals surface area contributed by atoms with E-state index in [0.29, 0.717) is 6.42 Å². The molecule has 0 spiro atoms. The predicted molar refractivity (Wildman–Crippen MR) is 59.6 cm³/mol. The molecule has 1 unspecified atom stereocenters. The zero-order valence-corrected chi connectivity index (χ0v) is 12.3. The number of carbonyl (C=O) groups excluding carboxylic acids is 1. The van der Waals surface area contributed by atoms with Crippen LogP contribution >= 0.6 is 0 Å².